The molecule has 1 rings (SSSR count). The van der Waals surface area contributed by atoms with Gasteiger partial charge in [-0.3, -0.25) is 0 Å². The first-order valence-corrected chi connectivity index (χ1v) is 5.69. The molecule has 0 aromatic carbocycles. The van der Waals surface area contributed by atoms with Gasteiger partial charge in [0.1, 0.15) is 0 Å². The van der Waals surface area contributed by atoms with E-state index in [0.29, 0.717) is 5.69 Å². The zero-order valence-electron chi connectivity index (χ0n) is 10.6. The van der Waals surface area contributed by atoms with Gasteiger partial charge in [0.05, 0.1) is 24.0 Å². The maximum Gasteiger partial charge on any atom is 0.150 e. The summed E-state index contributed by atoms with van der Waals surface area (Å²) in [5.41, 5.74) is 7.57. The molecule has 0 radical (unpaired) electrons. The summed E-state index contributed by atoms with van der Waals surface area (Å²) in [5, 5.41) is 13.6. The maximum atomic E-state index is 9.17. The SMILES string of the molecule is CCCn1nc(C)c(N)c1N(C)C(C)CO. The van der Waals surface area contributed by atoms with Gasteiger partial charge in [0.2, 0.25) is 0 Å². The smallest absolute Gasteiger partial charge is 0.150 e. The van der Waals surface area contributed by atoms with E-state index >= 15 is 0 Å². The molecule has 0 bridgehead atoms. The Morgan fingerprint density at radius 3 is 2.69 bits per heavy atom. The molecule has 1 aromatic rings. The third kappa shape index (κ3) is 2.29. The van der Waals surface area contributed by atoms with Crippen molar-refractivity contribution in [3.8, 4) is 0 Å². The molecule has 0 aliphatic heterocycles. The van der Waals surface area contributed by atoms with Crippen LogP contribution < -0.4 is 10.6 Å². The summed E-state index contributed by atoms with van der Waals surface area (Å²) in [7, 11) is 1.93. The van der Waals surface area contributed by atoms with Crippen molar-refractivity contribution in [2.45, 2.75) is 39.8 Å². The van der Waals surface area contributed by atoms with Crippen molar-refractivity contribution in [1.29, 1.82) is 0 Å². The molecule has 5 heteroatoms. The highest BCUT2D eigenvalue weighted by atomic mass is 16.3. The van der Waals surface area contributed by atoms with E-state index in [9.17, 15) is 5.11 Å². The molecule has 1 atom stereocenters. The minimum atomic E-state index is 0.0361. The zero-order valence-corrected chi connectivity index (χ0v) is 10.6. The average molecular weight is 226 g/mol. The third-order valence-electron chi connectivity index (χ3n) is 2.84. The van der Waals surface area contributed by atoms with Gasteiger partial charge >= 0.3 is 0 Å². The molecule has 1 unspecified atom stereocenters. The predicted octanol–water partition coefficient (Wildman–Crippen LogP) is 1.00. The number of likely N-dealkylation sites (N-methyl/N-ethyl adjacent to an activating group) is 1. The first-order chi connectivity index (χ1) is 7.52. The number of aliphatic hydroxyl groups excluding tert-OH is 1. The second-order valence-electron chi connectivity index (χ2n) is 4.19. The number of nitrogens with zero attached hydrogens (tertiary/aromatic N) is 3. The molecule has 0 fully saturated rings. The van der Waals surface area contributed by atoms with Crippen LogP contribution in [-0.4, -0.2) is 34.6 Å². The highest BCUT2D eigenvalue weighted by Crippen LogP contribution is 2.27. The molecule has 0 saturated heterocycles. The van der Waals surface area contributed by atoms with Crippen molar-refractivity contribution in [2.75, 3.05) is 24.3 Å². The lowest BCUT2D eigenvalue weighted by Gasteiger charge is -2.26. The van der Waals surface area contributed by atoms with Gasteiger partial charge in [0.25, 0.3) is 0 Å². The number of rotatable bonds is 5. The number of hydrogen-bond acceptors (Lipinski definition) is 4. The number of nitrogens with two attached hydrogens (primary N) is 1. The van der Waals surface area contributed by atoms with E-state index in [2.05, 4.69) is 12.0 Å². The summed E-state index contributed by atoms with van der Waals surface area (Å²) < 4.78 is 1.91. The van der Waals surface area contributed by atoms with Crippen LogP contribution in [0.15, 0.2) is 0 Å². The van der Waals surface area contributed by atoms with Crippen molar-refractivity contribution in [1.82, 2.24) is 9.78 Å². The molecular weight excluding hydrogens is 204 g/mol. The number of aromatic nitrogens is 2. The van der Waals surface area contributed by atoms with Gasteiger partial charge in [-0.1, -0.05) is 6.92 Å². The minimum Gasteiger partial charge on any atom is -0.394 e. The normalized spacial score (nSPS) is 12.8. The summed E-state index contributed by atoms with van der Waals surface area (Å²) in [5.74, 6) is 0.904. The third-order valence-corrected chi connectivity index (χ3v) is 2.84. The average Bonchev–Trinajstić information content (AvgIpc) is 2.53. The highest BCUT2D eigenvalue weighted by molar-refractivity contribution is 5.66. The number of aliphatic hydroxyl groups is 1. The molecule has 0 spiro atoms. The lowest BCUT2D eigenvalue weighted by atomic mass is 10.3. The summed E-state index contributed by atoms with van der Waals surface area (Å²) in [4.78, 5) is 1.98. The van der Waals surface area contributed by atoms with E-state index in [1.807, 2.05) is 30.5 Å². The Labute approximate surface area is 96.9 Å². The van der Waals surface area contributed by atoms with E-state index in [0.717, 1.165) is 24.5 Å². The van der Waals surface area contributed by atoms with E-state index in [1.165, 1.54) is 0 Å². The fourth-order valence-electron chi connectivity index (χ4n) is 1.65. The molecule has 92 valence electrons. The van der Waals surface area contributed by atoms with Crippen molar-refractivity contribution in [2.24, 2.45) is 0 Å². The fraction of sp³-hybridized carbons (Fsp3) is 0.727. The van der Waals surface area contributed by atoms with E-state index < -0.39 is 0 Å². The molecule has 0 aliphatic rings. The quantitative estimate of drug-likeness (QED) is 0.786. The summed E-state index contributed by atoms with van der Waals surface area (Å²) in [6, 6.07) is 0.0361. The number of hydrogen-bond donors (Lipinski definition) is 2. The predicted molar refractivity (Wildman–Crippen MR) is 66.6 cm³/mol. The molecule has 5 nitrogen and oxygen atoms in total. The highest BCUT2D eigenvalue weighted by Gasteiger charge is 2.19. The Kier molecular flexibility index (Phi) is 4.18. The van der Waals surface area contributed by atoms with Crippen molar-refractivity contribution in [3.63, 3.8) is 0 Å². The molecule has 0 aliphatic carbocycles. The maximum absolute atomic E-state index is 9.17. The second kappa shape index (κ2) is 5.21. The zero-order chi connectivity index (χ0) is 12.3. The lowest BCUT2D eigenvalue weighted by Crippen LogP contribution is -2.34. The van der Waals surface area contributed by atoms with Crippen LogP contribution in [0.1, 0.15) is 26.0 Å². The topological polar surface area (TPSA) is 67.3 Å². The van der Waals surface area contributed by atoms with E-state index in [1.54, 1.807) is 0 Å². The molecule has 1 aromatic heterocycles. The number of anilines is 2. The monoisotopic (exact) mass is 226 g/mol. The van der Waals surface area contributed by atoms with Crippen LogP contribution in [-0.2, 0) is 6.54 Å². The summed E-state index contributed by atoms with van der Waals surface area (Å²) >= 11 is 0. The van der Waals surface area contributed by atoms with Crippen molar-refractivity contribution < 1.29 is 5.11 Å². The number of nitrogen functional groups attached to an aromatic ring is 1. The number of aryl methyl sites for hydroxylation is 2. The van der Waals surface area contributed by atoms with Gasteiger partial charge in [-0.15, -0.1) is 0 Å². The Morgan fingerprint density at radius 2 is 2.19 bits per heavy atom. The van der Waals surface area contributed by atoms with E-state index in [4.69, 9.17) is 5.73 Å². The van der Waals surface area contributed by atoms with Gasteiger partial charge in [0, 0.05) is 13.6 Å². The molecule has 3 N–H and O–H groups in total. The van der Waals surface area contributed by atoms with Crippen LogP contribution in [0.3, 0.4) is 0 Å². The Balaban J connectivity index is 3.09. The summed E-state index contributed by atoms with van der Waals surface area (Å²) in [6.45, 7) is 6.91. The van der Waals surface area contributed by atoms with Crippen LogP contribution in [0.25, 0.3) is 0 Å². The molecule has 0 amide bonds. The molecule has 1 heterocycles. The van der Waals surface area contributed by atoms with Crippen LogP contribution in [0.2, 0.25) is 0 Å². The largest absolute Gasteiger partial charge is 0.394 e. The first-order valence-electron chi connectivity index (χ1n) is 5.69. The van der Waals surface area contributed by atoms with Gasteiger partial charge in [-0.2, -0.15) is 5.10 Å². The van der Waals surface area contributed by atoms with Crippen LogP contribution in [0.4, 0.5) is 11.5 Å². The van der Waals surface area contributed by atoms with Crippen LogP contribution >= 0.6 is 0 Å². The van der Waals surface area contributed by atoms with Crippen molar-refractivity contribution >= 4 is 11.5 Å². The van der Waals surface area contributed by atoms with Crippen molar-refractivity contribution in [3.05, 3.63) is 5.69 Å². The minimum absolute atomic E-state index is 0.0361. The van der Waals surface area contributed by atoms with Gasteiger partial charge < -0.3 is 15.7 Å². The Bertz CT molecular complexity index is 348. The van der Waals surface area contributed by atoms with Crippen LogP contribution in [0.5, 0.6) is 0 Å². The van der Waals surface area contributed by atoms with E-state index in [-0.39, 0.29) is 12.6 Å². The molecular formula is C11H22N4O. The standard InChI is InChI=1S/C11H22N4O/c1-5-6-15-11(10(12)9(3)13-15)14(4)8(2)7-16/h8,16H,5-7,12H2,1-4H3. The van der Waals surface area contributed by atoms with Crippen LogP contribution in [0, 0.1) is 6.92 Å². The molecule has 0 saturated carbocycles. The lowest BCUT2D eigenvalue weighted by molar-refractivity contribution is 0.269. The Morgan fingerprint density at radius 1 is 1.56 bits per heavy atom. The second-order valence-corrected chi connectivity index (χ2v) is 4.19. The summed E-state index contributed by atoms with van der Waals surface area (Å²) in [6.07, 6.45) is 1.01. The van der Waals surface area contributed by atoms with Gasteiger partial charge in [0.15, 0.2) is 5.82 Å². The van der Waals surface area contributed by atoms with Gasteiger partial charge in [-0.25, -0.2) is 4.68 Å². The molecule has 16 heavy (non-hydrogen) atoms. The fourth-order valence-corrected chi connectivity index (χ4v) is 1.65. The Hall–Kier alpha value is -1.23. The first kappa shape index (κ1) is 12.8. The van der Waals surface area contributed by atoms with Gasteiger partial charge in [-0.05, 0) is 20.3 Å².